The van der Waals surface area contributed by atoms with Crippen LogP contribution in [0.1, 0.15) is 25.1 Å². The van der Waals surface area contributed by atoms with Gasteiger partial charge in [0.1, 0.15) is 6.61 Å². The van der Waals surface area contributed by atoms with Gasteiger partial charge in [-0.3, -0.25) is 14.6 Å². The van der Waals surface area contributed by atoms with Crippen molar-refractivity contribution in [3.05, 3.63) is 23.5 Å². The molecular weight excluding hydrogens is 208 g/mol. The van der Waals surface area contributed by atoms with Crippen LogP contribution in [0.4, 0.5) is 5.69 Å². The first kappa shape index (κ1) is 12.2. The highest BCUT2D eigenvalue weighted by molar-refractivity contribution is 5.89. The van der Waals surface area contributed by atoms with Gasteiger partial charge in [-0.2, -0.15) is 0 Å². The van der Waals surface area contributed by atoms with Crippen molar-refractivity contribution in [2.24, 2.45) is 0 Å². The number of nitrogens with one attached hydrogen (secondary N) is 1. The van der Waals surface area contributed by atoms with Gasteiger partial charge in [-0.1, -0.05) is 0 Å². The van der Waals surface area contributed by atoms with Crippen LogP contribution >= 0.6 is 0 Å². The van der Waals surface area contributed by atoms with E-state index in [0.717, 1.165) is 5.56 Å². The van der Waals surface area contributed by atoms with E-state index in [-0.39, 0.29) is 18.5 Å². The maximum absolute atomic E-state index is 10.9. The summed E-state index contributed by atoms with van der Waals surface area (Å²) in [4.78, 5) is 25.7. The molecule has 0 radical (unpaired) electrons. The topological polar surface area (TPSA) is 68.3 Å². The minimum atomic E-state index is -0.355. The summed E-state index contributed by atoms with van der Waals surface area (Å²) in [5, 5.41) is 2.68. The molecule has 0 saturated carbocycles. The fourth-order valence-electron chi connectivity index (χ4n) is 1.22. The zero-order valence-electron chi connectivity index (χ0n) is 9.53. The van der Waals surface area contributed by atoms with Gasteiger partial charge in [-0.25, -0.2) is 0 Å². The van der Waals surface area contributed by atoms with Gasteiger partial charge in [0.2, 0.25) is 5.91 Å². The first-order valence-electron chi connectivity index (χ1n) is 4.86. The van der Waals surface area contributed by atoms with E-state index < -0.39 is 0 Å². The van der Waals surface area contributed by atoms with E-state index in [1.165, 1.54) is 13.8 Å². The third kappa shape index (κ3) is 3.34. The van der Waals surface area contributed by atoms with Gasteiger partial charge in [0.15, 0.2) is 0 Å². The summed E-state index contributed by atoms with van der Waals surface area (Å²) < 4.78 is 4.85. The molecule has 1 heterocycles. The minimum absolute atomic E-state index is 0.120. The van der Waals surface area contributed by atoms with Gasteiger partial charge < -0.3 is 10.1 Å². The lowest BCUT2D eigenvalue weighted by atomic mass is 10.2. The number of anilines is 1. The molecule has 0 spiro atoms. The summed E-state index contributed by atoms with van der Waals surface area (Å²) >= 11 is 0. The number of ether oxygens (including phenoxy) is 1. The van der Waals surface area contributed by atoms with E-state index >= 15 is 0 Å². The molecule has 0 aliphatic heterocycles. The molecule has 16 heavy (non-hydrogen) atoms. The maximum atomic E-state index is 10.9. The van der Waals surface area contributed by atoms with E-state index in [0.29, 0.717) is 11.4 Å². The molecule has 1 aromatic rings. The lowest BCUT2D eigenvalue weighted by Crippen LogP contribution is -2.10. The molecule has 86 valence electrons. The number of hydrogen-bond acceptors (Lipinski definition) is 4. The molecule has 0 aliphatic carbocycles. The SMILES string of the molecule is CC(=O)Nc1ccnc(COC(C)=O)c1C. The average molecular weight is 222 g/mol. The molecule has 1 N–H and O–H groups in total. The van der Waals surface area contributed by atoms with Crippen LogP contribution in [0.25, 0.3) is 0 Å². The number of esters is 1. The predicted molar refractivity (Wildman–Crippen MR) is 58.7 cm³/mol. The summed E-state index contributed by atoms with van der Waals surface area (Å²) in [5.74, 6) is -0.501. The molecule has 1 aromatic heterocycles. The number of carbonyl (C=O) groups excluding carboxylic acids is 2. The largest absolute Gasteiger partial charge is 0.459 e. The molecule has 1 amide bonds. The van der Waals surface area contributed by atoms with Gasteiger partial charge in [-0.05, 0) is 18.6 Å². The number of amides is 1. The van der Waals surface area contributed by atoms with E-state index in [9.17, 15) is 9.59 Å². The lowest BCUT2D eigenvalue weighted by Gasteiger charge is -2.10. The fraction of sp³-hybridized carbons (Fsp3) is 0.364. The Balaban J connectivity index is 2.85. The summed E-state index contributed by atoms with van der Waals surface area (Å²) in [6, 6.07) is 1.70. The molecule has 0 saturated heterocycles. The van der Waals surface area contributed by atoms with Crippen molar-refractivity contribution in [2.45, 2.75) is 27.4 Å². The molecule has 0 aliphatic rings. The first-order valence-corrected chi connectivity index (χ1v) is 4.86. The van der Waals surface area contributed by atoms with Crippen molar-refractivity contribution in [3.8, 4) is 0 Å². The van der Waals surface area contributed by atoms with Crippen LogP contribution in [0, 0.1) is 6.92 Å². The Morgan fingerprint density at radius 3 is 2.69 bits per heavy atom. The van der Waals surface area contributed by atoms with Crippen LogP contribution in [0.15, 0.2) is 12.3 Å². The van der Waals surface area contributed by atoms with Gasteiger partial charge >= 0.3 is 5.97 Å². The second-order valence-corrected chi connectivity index (χ2v) is 3.39. The number of rotatable bonds is 3. The number of aromatic nitrogens is 1. The molecule has 0 bridgehead atoms. The standard InChI is InChI=1S/C11H14N2O3/c1-7-10(13-8(2)14)4-5-12-11(7)6-16-9(3)15/h4-5H,6H2,1-3H3,(H,12,13,14). The Labute approximate surface area is 93.8 Å². The van der Waals surface area contributed by atoms with E-state index in [4.69, 9.17) is 4.74 Å². The van der Waals surface area contributed by atoms with Crippen LogP contribution in [0.5, 0.6) is 0 Å². The third-order valence-electron chi connectivity index (χ3n) is 2.03. The van der Waals surface area contributed by atoms with Gasteiger partial charge in [0, 0.05) is 25.7 Å². The lowest BCUT2D eigenvalue weighted by molar-refractivity contribution is -0.142. The zero-order valence-corrected chi connectivity index (χ0v) is 9.53. The van der Waals surface area contributed by atoms with Crippen molar-refractivity contribution >= 4 is 17.6 Å². The van der Waals surface area contributed by atoms with Crippen molar-refractivity contribution < 1.29 is 14.3 Å². The Hall–Kier alpha value is -1.91. The maximum Gasteiger partial charge on any atom is 0.303 e. The first-order chi connectivity index (χ1) is 7.50. The third-order valence-corrected chi connectivity index (χ3v) is 2.03. The van der Waals surface area contributed by atoms with Crippen LogP contribution in [-0.2, 0) is 20.9 Å². The Morgan fingerprint density at radius 2 is 2.12 bits per heavy atom. The summed E-state index contributed by atoms with van der Waals surface area (Å²) in [5.41, 5.74) is 2.13. The molecule has 0 unspecified atom stereocenters. The second kappa shape index (κ2) is 5.25. The van der Waals surface area contributed by atoms with Crippen LogP contribution in [0.3, 0.4) is 0 Å². The quantitative estimate of drug-likeness (QED) is 0.785. The molecule has 0 aromatic carbocycles. The highest BCUT2D eigenvalue weighted by Gasteiger charge is 2.07. The second-order valence-electron chi connectivity index (χ2n) is 3.39. The summed E-state index contributed by atoms with van der Waals surface area (Å²) in [6.07, 6.45) is 1.57. The summed E-state index contributed by atoms with van der Waals surface area (Å²) in [6.45, 7) is 4.71. The van der Waals surface area contributed by atoms with Gasteiger partial charge in [0.25, 0.3) is 0 Å². The van der Waals surface area contributed by atoms with E-state index in [1.807, 2.05) is 6.92 Å². The monoisotopic (exact) mass is 222 g/mol. The smallest absolute Gasteiger partial charge is 0.303 e. The van der Waals surface area contributed by atoms with Crippen LogP contribution < -0.4 is 5.32 Å². The number of carbonyl (C=O) groups is 2. The molecule has 5 heteroatoms. The van der Waals surface area contributed by atoms with Crippen LogP contribution in [0.2, 0.25) is 0 Å². The predicted octanol–water partition coefficient (Wildman–Crippen LogP) is 1.41. The molecular formula is C11H14N2O3. The van der Waals surface area contributed by atoms with Crippen molar-refractivity contribution in [2.75, 3.05) is 5.32 Å². The normalized spacial score (nSPS) is 9.69. The van der Waals surface area contributed by atoms with Gasteiger partial charge in [0.05, 0.1) is 5.69 Å². The zero-order chi connectivity index (χ0) is 12.1. The number of hydrogen-bond donors (Lipinski definition) is 1. The molecule has 0 fully saturated rings. The molecule has 1 rings (SSSR count). The highest BCUT2D eigenvalue weighted by Crippen LogP contribution is 2.17. The summed E-state index contributed by atoms with van der Waals surface area (Å²) in [7, 11) is 0. The van der Waals surface area contributed by atoms with E-state index in [1.54, 1.807) is 12.3 Å². The van der Waals surface area contributed by atoms with Crippen molar-refractivity contribution in [3.63, 3.8) is 0 Å². The molecule has 0 atom stereocenters. The van der Waals surface area contributed by atoms with Crippen molar-refractivity contribution in [1.82, 2.24) is 4.98 Å². The Morgan fingerprint density at radius 1 is 1.44 bits per heavy atom. The minimum Gasteiger partial charge on any atom is -0.459 e. The Kier molecular flexibility index (Phi) is 3.99. The number of pyridine rings is 1. The Bertz CT molecular complexity index is 416. The van der Waals surface area contributed by atoms with Gasteiger partial charge in [-0.15, -0.1) is 0 Å². The van der Waals surface area contributed by atoms with Crippen molar-refractivity contribution in [1.29, 1.82) is 0 Å². The number of nitrogens with zero attached hydrogens (tertiary/aromatic N) is 1. The average Bonchev–Trinajstić information content (AvgIpc) is 2.18. The van der Waals surface area contributed by atoms with E-state index in [2.05, 4.69) is 10.3 Å². The van der Waals surface area contributed by atoms with Crippen LogP contribution in [-0.4, -0.2) is 16.9 Å². The molecule has 5 nitrogen and oxygen atoms in total. The fourth-order valence-corrected chi connectivity index (χ4v) is 1.22. The highest BCUT2D eigenvalue weighted by atomic mass is 16.5.